The molecule has 0 saturated carbocycles. The van der Waals surface area contributed by atoms with Gasteiger partial charge >= 0.3 is 6.09 Å². The van der Waals surface area contributed by atoms with Crippen molar-refractivity contribution in [2.75, 3.05) is 80.0 Å². The normalized spacial score (nSPS) is 15.3. The number of nitrogens with zero attached hydrogens (tertiary/aromatic N) is 4. The van der Waals surface area contributed by atoms with E-state index in [4.69, 9.17) is 4.74 Å². The van der Waals surface area contributed by atoms with E-state index in [9.17, 15) is 9.59 Å². The first-order valence-corrected chi connectivity index (χ1v) is 10.4. The van der Waals surface area contributed by atoms with Gasteiger partial charge in [0.1, 0.15) is 12.1 Å². The molecule has 0 aromatic rings. The van der Waals surface area contributed by atoms with Crippen molar-refractivity contribution >= 4 is 12.0 Å². The number of amides is 2. The molecule has 1 heterocycles. The number of hydrogen-bond acceptors (Lipinski definition) is 6. The summed E-state index contributed by atoms with van der Waals surface area (Å²) in [6.07, 6.45) is 2.11. The Balaban J connectivity index is 2.12. The molecule has 1 rings (SSSR count). The highest BCUT2D eigenvalue weighted by Crippen LogP contribution is 2.07. The van der Waals surface area contributed by atoms with E-state index in [-0.39, 0.29) is 12.5 Å². The fourth-order valence-electron chi connectivity index (χ4n) is 2.93. The van der Waals surface area contributed by atoms with Gasteiger partial charge in [-0.25, -0.2) is 4.79 Å². The van der Waals surface area contributed by atoms with Gasteiger partial charge in [0.05, 0.1) is 0 Å². The molecule has 0 radical (unpaired) electrons. The molecule has 0 aromatic heterocycles. The molecule has 0 aliphatic carbocycles. The van der Waals surface area contributed by atoms with Crippen LogP contribution in [0, 0.1) is 0 Å². The third kappa shape index (κ3) is 11.5. The second-order valence-corrected chi connectivity index (χ2v) is 8.83. The van der Waals surface area contributed by atoms with Gasteiger partial charge in [-0.05, 0) is 60.8 Å². The number of carbonyl (C=O) groups excluding carboxylic acids is 2. The number of likely N-dealkylation sites (tertiary alicyclic amines) is 1. The first-order chi connectivity index (χ1) is 13.1. The minimum absolute atomic E-state index is 0.0473. The molecule has 0 spiro atoms. The summed E-state index contributed by atoms with van der Waals surface area (Å²) >= 11 is 0. The largest absolute Gasteiger partial charge is 0.444 e. The maximum Gasteiger partial charge on any atom is 0.408 e. The van der Waals surface area contributed by atoms with Gasteiger partial charge in [-0.3, -0.25) is 4.79 Å². The number of ether oxygens (including phenoxy) is 1. The van der Waals surface area contributed by atoms with E-state index in [0.29, 0.717) is 6.54 Å². The Kier molecular flexibility index (Phi) is 10.8. The lowest BCUT2D eigenvalue weighted by molar-refractivity contribution is -0.129. The van der Waals surface area contributed by atoms with E-state index < -0.39 is 11.7 Å². The molecule has 1 aliphatic rings. The van der Waals surface area contributed by atoms with Crippen LogP contribution in [0.3, 0.4) is 0 Å². The number of carbonyl (C=O) groups is 2. The fourth-order valence-corrected chi connectivity index (χ4v) is 2.93. The van der Waals surface area contributed by atoms with E-state index in [1.165, 1.54) is 25.9 Å². The zero-order valence-electron chi connectivity index (χ0n) is 18.8. The third-order valence-electron chi connectivity index (χ3n) is 4.89. The first kappa shape index (κ1) is 24.7. The Morgan fingerprint density at radius 1 is 0.929 bits per heavy atom. The van der Waals surface area contributed by atoms with Crippen LogP contribution >= 0.6 is 0 Å². The highest BCUT2D eigenvalue weighted by Gasteiger charge is 2.18. The van der Waals surface area contributed by atoms with E-state index in [1.807, 2.05) is 0 Å². The van der Waals surface area contributed by atoms with Gasteiger partial charge in [-0.15, -0.1) is 0 Å². The predicted molar refractivity (Wildman–Crippen MR) is 113 cm³/mol. The van der Waals surface area contributed by atoms with E-state index in [0.717, 1.165) is 32.7 Å². The summed E-state index contributed by atoms with van der Waals surface area (Å²) in [4.78, 5) is 32.5. The summed E-state index contributed by atoms with van der Waals surface area (Å²) in [5.41, 5.74) is -0.566. The van der Waals surface area contributed by atoms with Crippen LogP contribution in [0.2, 0.25) is 0 Å². The van der Waals surface area contributed by atoms with Crippen LogP contribution in [0.1, 0.15) is 33.6 Å². The molecule has 164 valence electrons. The molecule has 0 atom stereocenters. The topological polar surface area (TPSA) is 68.4 Å². The predicted octanol–water partition coefficient (Wildman–Crippen LogP) is 0.929. The second kappa shape index (κ2) is 12.2. The molecule has 0 aromatic carbocycles. The lowest BCUT2D eigenvalue weighted by atomic mass is 10.2. The van der Waals surface area contributed by atoms with Crippen molar-refractivity contribution in [2.24, 2.45) is 0 Å². The standard InChI is InChI=1S/C20H41N5O3/c1-20(2,3)28-19(27)21-17-18(26)24(6)15-13-22(4)11-12-23(5)14-16-25-9-7-8-10-25/h7-17H2,1-6H3,(H,21,27). The molecular formula is C20H41N5O3. The molecule has 1 N–H and O–H groups in total. The second-order valence-electron chi connectivity index (χ2n) is 8.83. The number of alkyl carbamates (subject to hydrolysis) is 1. The summed E-state index contributed by atoms with van der Waals surface area (Å²) < 4.78 is 5.14. The lowest BCUT2D eigenvalue weighted by Gasteiger charge is -2.26. The number of rotatable bonds is 11. The van der Waals surface area contributed by atoms with Crippen LogP contribution in [0.15, 0.2) is 0 Å². The molecular weight excluding hydrogens is 358 g/mol. The maximum atomic E-state index is 12.1. The van der Waals surface area contributed by atoms with Gasteiger partial charge in [0, 0.05) is 46.3 Å². The van der Waals surface area contributed by atoms with Gasteiger partial charge in [0.2, 0.25) is 5.91 Å². The smallest absolute Gasteiger partial charge is 0.408 e. The van der Waals surface area contributed by atoms with Crippen molar-refractivity contribution in [3.05, 3.63) is 0 Å². The van der Waals surface area contributed by atoms with Crippen LogP contribution < -0.4 is 5.32 Å². The fraction of sp³-hybridized carbons (Fsp3) is 0.900. The average molecular weight is 400 g/mol. The number of likely N-dealkylation sites (N-methyl/N-ethyl adjacent to an activating group) is 3. The van der Waals surface area contributed by atoms with E-state index >= 15 is 0 Å². The van der Waals surface area contributed by atoms with Gasteiger partial charge in [-0.2, -0.15) is 0 Å². The van der Waals surface area contributed by atoms with Gasteiger partial charge in [-0.1, -0.05) is 0 Å². The summed E-state index contributed by atoms with van der Waals surface area (Å²) in [6.45, 7) is 13.5. The molecule has 1 fully saturated rings. The van der Waals surface area contributed by atoms with Crippen molar-refractivity contribution in [3.8, 4) is 0 Å². The zero-order chi connectivity index (χ0) is 21.2. The average Bonchev–Trinajstić information content (AvgIpc) is 3.12. The van der Waals surface area contributed by atoms with Gasteiger partial charge in [0.25, 0.3) is 0 Å². The highest BCUT2D eigenvalue weighted by atomic mass is 16.6. The molecule has 1 saturated heterocycles. The van der Waals surface area contributed by atoms with Gasteiger partial charge in [0.15, 0.2) is 0 Å². The van der Waals surface area contributed by atoms with Crippen molar-refractivity contribution in [3.63, 3.8) is 0 Å². The summed E-state index contributed by atoms with van der Waals surface area (Å²) in [6, 6.07) is 0. The minimum atomic E-state index is -0.566. The SMILES string of the molecule is CN(CCN(C)CCN(C)C(=O)CNC(=O)OC(C)(C)C)CCN1CCCC1. The van der Waals surface area contributed by atoms with Crippen LogP contribution in [-0.2, 0) is 9.53 Å². The summed E-state index contributed by atoms with van der Waals surface area (Å²) in [5, 5.41) is 2.51. The monoisotopic (exact) mass is 399 g/mol. The molecule has 28 heavy (non-hydrogen) atoms. The van der Waals surface area contributed by atoms with Crippen LogP contribution in [-0.4, -0.2) is 117 Å². The molecule has 8 heteroatoms. The minimum Gasteiger partial charge on any atom is -0.444 e. The first-order valence-electron chi connectivity index (χ1n) is 10.4. The van der Waals surface area contributed by atoms with Crippen molar-refractivity contribution in [2.45, 2.75) is 39.2 Å². The van der Waals surface area contributed by atoms with Crippen molar-refractivity contribution in [1.29, 1.82) is 0 Å². The van der Waals surface area contributed by atoms with Crippen LogP contribution in [0.25, 0.3) is 0 Å². The van der Waals surface area contributed by atoms with E-state index in [1.54, 1.807) is 32.7 Å². The Morgan fingerprint density at radius 3 is 2.04 bits per heavy atom. The number of nitrogens with one attached hydrogen (secondary N) is 1. The Hall–Kier alpha value is -1.38. The number of hydrogen-bond donors (Lipinski definition) is 1. The summed E-state index contributed by atoms with van der Waals surface area (Å²) in [5.74, 6) is -0.123. The third-order valence-corrected chi connectivity index (χ3v) is 4.89. The van der Waals surface area contributed by atoms with Crippen LogP contribution in [0.4, 0.5) is 4.79 Å². The molecule has 2 amide bonds. The zero-order valence-corrected chi connectivity index (χ0v) is 18.8. The molecule has 1 aliphatic heterocycles. The Morgan fingerprint density at radius 2 is 1.46 bits per heavy atom. The molecule has 0 bridgehead atoms. The lowest BCUT2D eigenvalue weighted by Crippen LogP contribution is -2.43. The van der Waals surface area contributed by atoms with Gasteiger partial charge < -0.3 is 29.7 Å². The Labute approximate surface area is 171 Å². The molecule has 8 nitrogen and oxygen atoms in total. The maximum absolute atomic E-state index is 12.1. The van der Waals surface area contributed by atoms with Crippen molar-refractivity contribution < 1.29 is 14.3 Å². The quantitative estimate of drug-likeness (QED) is 0.557. The van der Waals surface area contributed by atoms with Crippen LogP contribution in [0.5, 0.6) is 0 Å². The highest BCUT2D eigenvalue weighted by molar-refractivity contribution is 5.82. The Bertz CT molecular complexity index is 475. The summed E-state index contributed by atoms with van der Waals surface area (Å²) in [7, 11) is 6.00. The van der Waals surface area contributed by atoms with E-state index in [2.05, 4.69) is 34.1 Å². The van der Waals surface area contributed by atoms with Crippen molar-refractivity contribution in [1.82, 2.24) is 24.9 Å². The molecule has 0 unspecified atom stereocenters.